The lowest BCUT2D eigenvalue weighted by Gasteiger charge is -2.25. The normalized spacial score (nSPS) is 12.2. The number of hydrogen-bond acceptors (Lipinski definition) is 4. The fourth-order valence-corrected chi connectivity index (χ4v) is 3.23. The number of ether oxygens (including phenoxy) is 1. The second-order valence-electron chi connectivity index (χ2n) is 7.17. The Hall–Kier alpha value is -2.14. The molecular formula is C24H34N2O2. The van der Waals surface area contributed by atoms with Crippen LogP contribution in [0.4, 0.5) is 0 Å². The van der Waals surface area contributed by atoms with Crippen molar-refractivity contribution in [1.82, 2.24) is 10.2 Å². The third-order valence-corrected chi connectivity index (χ3v) is 4.68. The average molecular weight is 383 g/mol. The third-order valence-electron chi connectivity index (χ3n) is 4.68. The number of rotatable bonds is 13. The van der Waals surface area contributed by atoms with Crippen LogP contribution in [0, 0.1) is 6.92 Å². The Morgan fingerprint density at radius 1 is 1.04 bits per heavy atom. The van der Waals surface area contributed by atoms with Gasteiger partial charge in [0.2, 0.25) is 0 Å². The van der Waals surface area contributed by atoms with Crippen molar-refractivity contribution >= 4 is 0 Å². The summed E-state index contributed by atoms with van der Waals surface area (Å²) in [5, 5.41) is 12.8. The van der Waals surface area contributed by atoms with Gasteiger partial charge in [0, 0.05) is 19.6 Å². The molecule has 0 spiro atoms. The summed E-state index contributed by atoms with van der Waals surface area (Å²) in [6, 6.07) is 19.5. The first-order valence-electron chi connectivity index (χ1n) is 10.1. The molecule has 0 aliphatic rings. The van der Waals surface area contributed by atoms with Crippen molar-refractivity contribution in [2.45, 2.75) is 26.3 Å². The molecule has 0 radical (unpaired) electrons. The molecule has 1 atom stereocenters. The van der Waals surface area contributed by atoms with Crippen LogP contribution in [0.2, 0.25) is 0 Å². The van der Waals surface area contributed by atoms with E-state index in [0.717, 1.165) is 32.6 Å². The van der Waals surface area contributed by atoms with Gasteiger partial charge in [-0.05, 0) is 31.0 Å². The van der Waals surface area contributed by atoms with Crippen LogP contribution in [-0.4, -0.2) is 49.4 Å². The first kappa shape index (κ1) is 22.2. The molecule has 152 valence electrons. The zero-order valence-electron chi connectivity index (χ0n) is 17.2. The zero-order valence-corrected chi connectivity index (χ0v) is 17.2. The number of nitrogens with zero attached hydrogens (tertiary/aromatic N) is 1. The predicted molar refractivity (Wildman–Crippen MR) is 117 cm³/mol. The van der Waals surface area contributed by atoms with Crippen molar-refractivity contribution < 1.29 is 9.84 Å². The van der Waals surface area contributed by atoms with Gasteiger partial charge in [-0.2, -0.15) is 0 Å². The lowest BCUT2D eigenvalue weighted by molar-refractivity contribution is 0.101. The lowest BCUT2D eigenvalue weighted by Crippen LogP contribution is -2.36. The van der Waals surface area contributed by atoms with Crippen molar-refractivity contribution in [3.05, 3.63) is 83.6 Å². The van der Waals surface area contributed by atoms with Crippen molar-refractivity contribution in [2.24, 2.45) is 0 Å². The highest BCUT2D eigenvalue weighted by Gasteiger charge is 2.14. The van der Waals surface area contributed by atoms with Crippen LogP contribution >= 0.6 is 0 Å². The molecule has 0 heterocycles. The monoisotopic (exact) mass is 382 g/mol. The van der Waals surface area contributed by atoms with Gasteiger partial charge in [0.05, 0.1) is 12.6 Å². The molecule has 2 aromatic rings. The molecule has 0 aliphatic heterocycles. The molecule has 2 aromatic carbocycles. The van der Waals surface area contributed by atoms with E-state index in [1.807, 2.05) is 0 Å². The van der Waals surface area contributed by atoms with Crippen LogP contribution in [-0.2, 0) is 4.74 Å². The fraction of sp³-hybridized carbons (Fsp3) is 0.417. The van der Waals surface area contributed by atoms with Crippen LogP contribution < -0.4 is 5.32 Å². The molecule has 4 nitrogen and oxygen atoms in total. The molecule has 0 aromatic heterocycles. The smallest absolute Gasteiger partial charge is 0.111 e. The summed E-state index contributed by atoms with van der Waals surface area (Å²) < 4.78 is 5.44. The van der Waals surface area contributed by atoms with E-state index in [4.69, 9.17) is 9.84 Å². The highest BCUT2D eigenvalue weighted by Crippen LogP contribution is 2.22. The largest absolute Gasteiger partial charge is 0.510 e. The summed E-state index contributed by atoms with van der Waals surface area (Å²) in [7, 11) is 0. The van der Waals surface area contributed by atoms with E-state index in [1.165, 1.54) is 16.7 Å². The second-order valence-corrected chi connectivity index (χ2v) is 7.17. The molecule has 4 heteroatoms. The number of benzene rings is 2. The Bertz CT molecular complexity index is 686. The van der Waals surface area contributed by atoms with Crippen LogP contribution in [0.1, 0.15) is 36.1 Å². The minimum absolute atomic E-state index is 0.0764. The van der Waals surface area contributed by atoms with Gasteiger partial charge in [-0.1, -0.05) is 73.7 Å². The van der Waals surface area contributed by atoms with Crippen LogP contribution in [0.25, 0.3) is 0 Å². The van der Waals surface area contributed by atoms with E-state index in [-0.39, 0.29) is 18.4 Å². The van der Waals surface area contributed by atoms with Crippen molar-refractivity contribution in [2.75, 3.05) is 39.4 Å². The topological polar surface area (TPSA) is 44.7 Å². The molecule has 2 N–H and O–H groups in total. The maximum Gasteiger partial charge on any atom is 0.111 e. The summed E-state index contributed by atoms with van der Waals surface area (Å²) in [5.74, 6) is 0.0764. The third kappa shape index (κ3) is 7.85. The van der Waals surface area contributed by atoms with Crippen molar-refractivity contribution in [3.63, 3.8) is 0 Å². The second kappa shape index (κ2) is 12.3. The minimum atomic E-state index is 0.0764. The van der Waals surface area contributed by atoms with Gasteiger partial charge in [0.15, 0.2) is 0 Å². The molecule has 0 bridgehead atoms. The summed E-state index contributed by atoms with van der Waals surface area (Å²) >= 11 is 0. The summed E-state index contributed by atoms with van der Waals surface area (Å²) in [6.07, 6.45) is 1.10. The Kier molecular flexibility index (Phi) is 9.77. The number of aliphatic hydroxyl groups excluding tert-OH is 1. The number of hydrogen-bond donors (Lipinski definition) is 2. The minimum Gasteiger partial charge on any atom is -0.510 e. The van der Waals surface area contributed by atoms with Gasteiger partial charge in [0.25, 0.3) is 0 Å². The van der Waals surface area contributed by atoms with Crippen LogP contribution in [0.5, 0.6) is 0 Å². The Balaban J connectivity index is 1.93. The maximum absolute atomic E-state index is 9.11. The van der Waals surface area contributed by atoms with E-state index in [9.17, 15) is 0 Å². The van der Waals surface area contributed by atoms with Crippen molar-refractivity contribution in [1.29, 1.82) is 0 Å². The van der Waals surface area contributed by atoms with E-state index in [0.29, 0.717) is 6.61 Å². The number of aliphatic hydroxyl groups is 1. The van der Waals surface area contributed by atoms with Gasteiger partial charge in [0.1, 0.15) is 12.4 Å². The first-order chi connectivity index (χ1) is 13.6. The Morgan fingerprint density at radius 3 is 2.36 bits per heavy atom. The Morgan fingerprint density at radius 2 is 1.71 bits per heavy atom. The fourth-order valence-electron chi connectivity index (χ4n) is 3.23. The van der Waals surface area contributed by atoms with E-state index >= 15 is 0 Å². The molecule has 0 saturated heterocycles. The lowest BCUT2D eigenvalue weighted by atomic mass is 9.98. The molecule has 0 aliphatic carbocycles. The average Bonchev–Trinajstić information content (AvgIpc) is 2.70. The van der Waals surface area contributed by atoms with E-state index < -0.39 is 0 Å². The molecule has 0 fully saturated rings. The highest BCUT2D eigenvalue weighted by molar-refractivity contribution is 5.33. The maximum atomic E-state index is 9.11. The Labute approximate surface area is 169 Å². The summed E-state index contributed by atoms with van der Waals surface area (Å²) in [4.78, 5) is 2.39. The van der Waals surface area contributed by atoms with E-state index in [2.05, 4.69) is 85.2 Å². The van der Waals surface area contributed by atoms with E-state index in [1.54, 1.807) is 0 Å². The molecule has 0 unspecified atom stereocenters. The quantitative estimate of drug-likeness (QED) is 0.396. The van der Waals surface area contributed by atoms with Gasteiger partial charge < -0.3 is 15.2 Å². The van der Waals surface area contributed by atoms with Gasteiger partial charge in [-0.15, -0.1) is 0 Å². The zero-order chi connectivity index (χ0) is 20.2. The molecule has 0 amide bonds. The van der Waals surface area contributed by atoms with Gasteiger partial charge >= 0.3 is 0 Å². The highest BCUT2D eigenvalue weighted by atomic mass is 16.5. The number of nitrogens with one attached hydrogen (secondary N) is 1. The molecule has 2 rings (SSSR count). The van der Waals surface area contributed by atoms with Crippen LogP contribution in [0.15, 0.2) is 66.9 Å². The SMILES string of the molecule is C=C(O)COCCN(CCC)CCN[C@@H](c1ccccc1)c1ccc(C)cc1. The summed E-state index contributed by atoms with van der Waals surface area (Å²) in [5.41, 5.74) is 3.83. The summed E-state index contributed by atoms with van der Waals surface area (Å²) in [6.45, 7) is 12.3. The predicted octanol–water partition coefficient (Wildman–Crippen LogP) is 4.47. The van der Waals surface area contributed by atoms with Gasteiger partial charge in [-0.3, -0.25) is 4.90 Å². The standard InChI is InChI=1S/C24H34N2O2/c1-4-15-26(17-18-28-19-21(3)27)16-14-25-24(22-8-6-5-7-9-22)23-12-10-20(2)11-13-23/h5-13,24-25,27H,3-4,14-19H2,1-2H3/t24-/m0/s1. The van der Waals surface area contributed by atoms with Crippen molar-refractivity contribution in [3.8, 4) is 0 Å². The molecule has 28 heavy (non-hydrogen) atoms. The first-order valence-corrected chi connectivity index (χ1v) is 10.1. The van der Waals surface area contributed by atoms with Crippen LogP contribution in [0.3, 0.4) is 0 Å². The number of aryl methyl sites for hydroxylation is 1. The molecule has 0 saturated carbocycles. The van der Waals surface area contributed by atoms with Gasteiger partial charge in [-0.25, -0.2) is 0 Å². The molecular weight excluding hydrogens is 348 g/mol.